The van der Waals surface area contributed by atoms with Gasteiger partial charge in [0, 0.05) is 5.41 Å². The van der Waals surface area contributed by atoms with Crippen LogP contribution in [0, 0.1) is 6.92 Å². The third kappa shape index (κ3) is 1.77. The molecule has 1 aromatic heterocycles. The summed E-state index contributed by atoms with van der Waals surface area (Å²) in [5, 5.41) is 1.06. The summed E-state index contributed by atoms with van der Waals surface area (Å²) in [6.07, 6.45) is 1.09. The predicted molar refractivity (Wildman–Crippen MR) is 48.0 cm³/mol. The molecule has 0 amide bonds. The van der Waals surface area contributed by atoms with E-state index in [1.807, 2.05) is 6.92 Å². The maximum absolute atomic E-state index is 4.36. The molecule has 0 aromatic carbocycles. The van der Waals surface area contributed by atoms with E-state index in [1.165, 1.54) is 11.5 Å². The number of aryl methyl sites for hydroxylation is 1. The van der Waals surface area contributed by atoms with Crippen molar-refractivity contribution >= 4 is 11.5 Å². The molecule has 0 aliphatic heterocycles. The molecular formula is C8H14N2S. The van der Waals surface area contributed by atoms with Gasteiger partial charge in [0.2, 0.25) is 0 Å². The van der Waals surface area contributed by atoms with E-state index >= 15 is 0 Å². The lowest BCUT2D eigenvalue weighted by molar-refractivity contribution is 0.478. The summed E-state index contributed by atoms with van der Waals surface area (Å²) < 4.78 is 4.29. The number of hydrogen-bond acceptors (Lipinski definition) is 3. The topological polar surface area (TPSA) is 25.8 Å². The molecule has 1 heterocycles. The first kappa shape index (κ1) is 8.65. The highest BCUT2D eigenvalue weighted by atomic mass is 32.1. The Bertz CT molecular complexity index is 240. The molecule has 0 fully saturated rings. The molecule has 2 nitrogen and oxygen atoms in total. The molecule has 0 radical (unpaired) electrons. The van der Waals surface area contributed by atoms with Crippen LogP contribution in [0.2, 0.25) is 0 Å². The Morgan fingerprint density at radius 2 is 2.09 bits per heavy atom. The average molecular weight is 170 g/mol. The van der Waals surface area contributed by atoms with Crippen LogP contribution in [0.25, 0.3) is 0 Å². The molecule has 0 aliphatic carbocycles. The van der Waals surface area contributed by atoms with E-state index in [2.05, 4.69) is 30.1 Å². The van der Waals surface area contributed by atoms with Crippen molar-refractivity contribution in [3.63, 3.8) is 0 Å². The molecule has 1 rings (SSSR count). The van der Waals surface area contributed by atoms with Gasteiger partial charge in [-0.05, 0) is 24.9 Å². The van der Waals surface area contributed by atoms with Crippen molar-refractivity contribution in [1.29, 1.82) is 0 Å². The SMILES string of the molecule is CCC(C)(C)c1nsc(C)n1. The van der Waals surface area contributed by atoms with Crippen LogP contribution in [0.15, 0.2) is 0 Å². The second-order valence-electron chi connectivity index (χ2n) is 3.37. The summed E-state index contributed by atoms with van der Waals surface area (Å²) in [6.45, 7) is 8.51. The summed E-state index contributed by atoms with van der Waals surface area (Å²) in [5.41, 5.74) is 0.144. The highest BCUT2D eigenvalue weighted by Crippen LogP contribution is 2.24. The van der Waals surface area contributed by atoms with E-state index in [9.17, 15) is 0 Å². The van der Waals surface area contributed by atoms with Gasteiger partial charge in [-0.3, -0.25) is 0 Å². The van der Waals surface area contributed by atoms with E-state index in [0.717, 1.165) is 17.3 Å². The fourth-order valence-corrected chi connectivity index (χ4v) is 1.37. The van der Waals surface area contributed by atoms with Gasteiger partial charge in [-0.2, -0.15) is 4.37 Å². The molecule has 11 heavy (non-hydrogen) atoms. The molecule has 1 aromatic rings. The summed E-state index contributed by atoms with van der Waals surface area (Å²) in [4.78, 5) is 4.36. The second kappa shape index (κ2) is 2.89. The largest absolute Gasteiger partial charge is 0.224 e. The van der Waals surface area contributed by atoms with Gasteiger partial charge >= 0.3 is 0 Å². The summed E-state index contributed by atoms with van der Waals surface area (Å²) in [5.74, 6) is 0.988. The second-order valence-corrected chi connectivity index (χ2v) is 4.33. The van der Waals surface area contributed by atoms with Crippen LogP contribution < -0.4 is 0 Å². The van der Waals surface area contributed by atoms with Crippen LogP contribution in [-0.4, -0.2) is 9.36 Å². The fourth-order valence-electron chi connectivity index (χ4n) is 0.732. The molecule has 3 heteroatoms. The maximum atomic E-state index is 4.36. The van der Waals surface area contributed by atoms with Gasteiger partial charge in [-0.25, -0.2) is 4.98 Å². The van der Waals surface area contributed by atoms with Gasteiger partial charge in [0.25, 0.3) is 0 Å². The normalized spacial score (nSPS) is 12.0. The summed E-state index contributed by atoms with van der Waals surface area (Å²) in [6, 6.07) is 0. The minimum absolute atomic E-state index is 0.144. The van der Waals surface area contributed by atoms with E-state index in [0.29, 0.717) is 0 Å². The van der Waals surface area contributed by atoms with Crippen molar-refractivity contribution in [2.75, 3.05) is 0 Å². The highest BCUT2D eigenvalue weighted by molar-refractivity contribution is 7.05. The Kier molecular flexibility index (Phi) is 2.28. The highest BCUT2D eigenvalue weighted by Gasteiger charge is 2.22. The van der Waals surface area contributed by atoms with Crippen LogP contribution in [0.5, 0.6) is 0 Å². The van der Waals surface area contributed by atoms with Crippen LogP contribution in [0.4, 0.5) is 0 Å². The van der Waals surface area contributed by atoms with Gasteiger partial charge < -0.3 is 0 Å². The summed E-state index contributed by atoms with van der Waals surface area (Å²) >= 11 is 1.49. The smallest absolute Gasteiger partial charge is 0.148 e. The standard InChI is InChI=1S/C8H14N2S/c1-5-8(3,4)7-9-6(2)11-10-7/h5H2,1-4H3. The van der Waals surface area contributed by atoms with E-state index in [-0.39, 0.29) is 5.41 Å². The van der Waals surface area contributed by atoms with Gasteiger partial charge in [0.1, 0.15) is 10.8 Å². The first-order valence-corrected chi connectivity index (χ1v) is 4.64. The quantitative estimate of drug-likeness (QED) is 0.681. The zero-order valence-electron chi connectivity index (χ0n) is 7.51. The Hall–Kier alpha value is -0.440. The fraction of sp³-hybridized carbons (Fsp3) is 0.750. The molecule has 0 saturated heterocycles. The van der Waals surface area contributed by atoms with Gasteiger partial charge in [-0.1, -0.05) is 20.8 Å². The van der Waals surface area contributed by atoms with Gasteiger partial charge in [0.15, 0.2) is 0 Å². The van der Waals surface area contributed by atoms with E-state index < -0.39 is 0 Å². The minimum Gasteiger partial charge on any atom is -0.224 e. The molecular weight excluding hydrogens is 156 g/mol. The molecule has 0 aliphatic rings. The molecule has 0 bridgehead atoms. The predicted octanol–water partition coefficient (Wildman–Crippen LogP) is 2.53. The Morgan fingerprint density at radius 3 is 2.45 bits per heavy atom. The molecule has 0 unspecified atom stereocenters. The molecule has 0 spiro atoms. The van der Waals surface area contributed by atoms with Crippen molar-refractivity contribution in [2.24, 2.45) is 0 Å². The first-order valence-electron chi connectivity index (χ1n) is 3.87. The van der Waals surface area contributed by atoms with Crippen molar-refractivity contribution in [1.82, 2.24) is 9.36 Å². The summed E-state index contributed by atoms with van der Waals surface area (Å²) in [7, 11) is 0. The number of nitrogens with zero attached hydrogens (tertiary/aromatic N) is 2. The lowest BCUT2D eigenvalue weighted by Gasteiger charge is -2.17. The molecule has 62 valence electrons. The zero-order chi connectivity index (χ0) is 8.48. The van der Waals surface area contributed by atoms with E-state index in [4.69, 9.17) is 0 Å². The van der Waals surface area contributed by atoms with Crippen LogP contribution >= 0.6 is 11.5 Å². The lowest BCUT2D eigenvalue weighted by Crippen LogP contribution is -2.17. The molecule has 0 N–H and O–H groups in total. The monoisotopic (exact) mass is 170 g/mol. The van der Waals surface area contributed by atoms with Crippen molar-refractivity contribution < 1.29 is 0 Å². The third-order valence-electron chi connectivity index (χ3n) is 2.02. The minimum atomic E-state index is 0.144. The number of rotatable bonds is 2. The van der Waals surface area contributed by atoms with E-state index in [1.54, 1.807) is 0 Å². The average Bonchev–Trinajstić information content (AvgIpc) is 2.36. The molecule has 0 saturated carbocycles. The van der Waals surface area contributed by atoms with Gasteiger partial charge in [0.05, 0.1) is 0 Å². The van der Waals surface area contributed by atoms with Crippen LogP contribution in [0.1, 0.15) is 38.0 Å². The Morgan fingerprint density at radius 1 is 1.45 bits per heavy atom. The van der Waals surface area contributed by atoms with Crippen molar-refractivity contribution in [2.45, 2.75) is 39.5 Å². The third-order valence-corrected chi connectivity index (χ3v) is 2.64. The van der Waals surface area contributed by atoms with Gasteiger partial charge in [-0.15, -0.1) is 0 Å². The van der Waals surface area contributed by atoms with Crippen molar-refractivity contribution in [3.05, 3.63) is 10.8 Å². The van der Waals surface area contributed by atoms with Crippen LogP contribution in [0.3, 0.4) is 0 Å². The first-order chi connectivity index (χ1) is 5.06. The number of hydrogen-bond donors (Lipinski definition) is 0. The van der Waals surface area contributed by atoms with Crippen molar-refractivity contribution in [3.8, 4) is 0 Å². The Balaban J connectivity index is 2.92. The maximum Gasteiger partial charge on any atom is 0.148 e. The number of aromatic nitrogens is 2. The van der Waals surface area contributed by atoms with Crippen LogP contribution in [-0.2, 0) is 5.41 Å². The molecule has 0 atom stereocenters. The zero-order valence-corrected chi connectivity index (χ0v) is 8.33. The Labute approximate surface area is 71.8 Å². The lowest BCUT2D eigenvalue weighted by atomic mass is 9.90.